The average Bonchev–Trinajstić information content (AvgIpc) is 2.41. The predicted molar refractivity (Wildman–Crippen MR) is 71.3 cm³/mol. The summed E-state index contributed by atoms with van der Waals surface area (Å²) in [7, 11) is 0. The van der Waals surface area contributed by atoms with Crippen LogP contribution in [0.25, 0.3) is 0 Å². The van der Waals surface area contributed by atoms with Crippen molar-refractivity contribution < 1.29 is 4.74 Å². The van der Waals surface area contributed by atoms with Crippen LogP contribution < -0.4 is 4.74 Å². The van der Waals surface area contributed by atoms with Crippen LogP contribution in [0.2, 0.25) is 0 Å². The monoisotopic (exact) mass is 237 g/mol. The molecule has 0 bridgehead atoms. The quantitative estimate of drug-likeness (QED) is 0.813. The van der Waals surface area contributed by atoms with Gasteiger partial charge in [0.25, 0.3) is 0 Å². The maximum absolute atomic E-state index is 8.68. The Labute approximate surface area is 107 Å². The van der Waals surface area contributed by atoms with Crippen LogP contribution in [-0.4, -0.2) is 0 Å². The number of nitrogens with zero attached hydrogens (tertiary/aromatic N) is 1. The summed E-state index contributed by atoms with van der Waals surface area (Å²) >= 11 is 0. The molecule has 0 N–H and O–H groups in total. The van der Waals surface area contributed by atoms with Crippen LogP contribution in [0.3, 0.4) is 0 Å². The lowest BCUT2D eigenvalue weighted by Crippen LogP contribution is -1.96. The predicted octanol–water partition coefficient (Wildman–Crippen LogP) is 3.64. The molecule has 0 radical (unpaired) electrons. The Morgan fingerprint density at radius 3 is 2.56 bits per heavy atom. The first-order valence-corrected chi connectivity index (χ1v) is 5.93. The van der Waals surface area contributed by atoms with Crippen molar-refractivity contribution in [2.24, 2.45) is 0 Å². The number of rotatable bonds is 4. The number of aryl methyl sites for hydroxylation is 1. The van der Waals surface area contributed by atoms with Crippen LogP contribution in [0.1, 0.15) is 16.7 Å². The Morgan fingerprint density at radius 1 is 1.11 bits per heavy atom. The van der Waals surface area contributed by atoms with Gasteiger partial charge in [0.15, 0.2) is 0 Å². The first-order valence-electron chi connectivity index (χ1n) is 5.93. The van der Waals surface area contributed by atoms with Crippen LogP contribution in [0.15, 0.2) is 48.5 Å². The van der Waals surface area contributed by atoms with Gasteiger partial charge in [-0.25, -0.2) is 0 Å². The van der Waals surface area contributed by atoms with E-state index in [9.17, 15) is 0 Å². The highest BCUT2D eigenvalue weighted by Gasteiger charge is 2.01. The highest BCUT2D eigenvalue weighted by Crippen LogP contribution is 2.18. The third kappa shape index (κ3) is 3.11. The van der Waals surface area contributed by atoms with Crippen molar-refractivity contribution in [2.45, 2.75) is 20.0 Å². The molecular formula is C16H15NO. The van der Waals surface area contributed by atoms with Crippen molar-refractivity contribution in [1.82, 2.24) is 0 Å². The summed E-state index contributed by atoms with van der Waals surface area (Å²) in [5.74, 6) is 0.845. The third-order valence-corrected chi connectivity index (χ3v) is 2.83. The van der Waals surface area contributed by atoms with Gasteiger partial charge >= 0.3 is 0 Å². The van der Waals surface area contributed by atoms with E-state index in [-0.39, 0.29) is 0 Å². The minimum absolute atomic E-state index is 0.449. The van der Waals surface area contributed by atoms with Crippen LogP contribution in [0.4, 0.5) is 0 Å². The van der Waals surface area contributed by atoms with Crippen molar-refractivity contribution in [3.8, 4) is 11.8 Å². The normalized spacial score (nSPS) is 9.78. The fourth-order valence-electron chi connectivity index (χ4n) is 1.78. The van der Waals surface area contributed by atoms with Gasteiger partial charge in [0.2, 0.25) is 0 Å². The lowest BCUT2D eigenvalue weighted by molar-refractivity contribution is 0.306. The lowest BCUT2D eigenvalue weighted by atomic mass is 10.1. The Balaban J connectivity index is 2.03. The van der Waals surface area contributed by atoms with E-state index < -0.39 is 0 Å². The Morgan fingerprint density at radius 2 is 1.89 bits per heavy atom. The van der Waals surface area contributed by atoms with E-state index in [0.29, 0.717) is 13.0 Å². The maximum atomic E-state index is 8.68. The first-order chi connectivity index (χ1) is 8.79. The summed E-state index contributed by atoms with van der Waals surface area (Å²) < 4.78 is 5.72. The van der Waals surface area contributed by atoms with Gasteiger partial charge in [-0.15, -0.1) is 0 Å². The summed E-state index contributed by atoms with van der Waals surface area (Å²) in [4.78, 5) is 0. The zero-order valence-corrected chi connectivity index (χ0v) is 10.4. The molecule has 2 aromatic rings. The second-order valence-electron chi connectivity index (χ2n) is 4.20. The molecule has 90 valence electrons. The molecule has 0 fully saturated rings. The molecule has 0 aliphatic heterocycles. The molecular weight excluding hydrogens is 222 g/mol. The molecule has 2 aromatic carbocycles. The topological polar surface area (TPSA) is 33.0 Å². The molecule has 0 amide bonds. The second-order valence-corrected chi connectivity index (χ2v) is 4.20. The van der Waals surface area contributed by atoms with Crippen LogP contribution in [0, 0.1) is 18.3 Å². The van der Waals surface area contributed by atoms with Crippen molar-refractivity contribution in [3.05, 3.63) is 65.2 Å². The van der Waals surface area contributed by atoms with E-state index in [0.717, 1.165) is 22.4 Å². The summed E-state index contributed by atoms with van der Waals surface area (Å²) in [6.07, 6.45) is 0.449. The lowest BCUT2D eigenvalue weighted by Gasteiger charge is -2.08. The van der Waals surface area contributed by atoms with E-state index in [1.807, 2.05) is 55.5 Å². The zero-order chi connectivity index (χ0) is 12.8. The number of hydrogen-bond donors (Lipinski definition) is 0. The number of ether oxygens (including phenoxy) is 1. The third-order valence-electron chi connectivity index (χ3n) is 2.83. The second kappa shape index (κ2) is 5.88. The van der Waals surface area contributed by atoms with Crippen LogP contribution in [0.5, 0.6) is 5.75 Å². The molecule has 2 nitrogen and oxygen atoms in total. The van der Waals surface area contributed by atoms with E-state index in [1.165, 1.54) is 0 Å². The SMILES string of the molecule is Cc1cc(OCc2ccccc2)ccc1CC#N. The summed E-state index contributed by atoms with van der Waals surface area (Å²) in [6.45, 7) is 2.57. The Bertz CT molecular complexity index is 555. The molecule has 0 aliphatic carbocycles. The van der Waals surface area contributed by atoms with Gasteiger partial charge in [-0.05, 0) is 35.7 Å². The van der Waals surface area contributed by atoms with E-state index in [1.54, 1.807) is 0 Å². The van der Waals surface area contributed by atoms with Gasteiger partial charge in [-0.2, -0.15) is 5.26 Å². The van der Waals surface area contributed by atoms with Crippen LogP contribution >= 0.6 is 0 Å². The van der Waals surface area contributed by atoms with E-state index >= 15 is 0 Å². The molecule has 0 saturated heterocycles. The zero-order valence-electron chi connectivity index (χ0n) is 10.4. The van der Waals surface area contributed by atoms with Crippen molar-refractivity contribution in [1.29, 1.82) is 5.26 Å². The minimum Gasteiger partial charge on any atom is -0.489 e. The number of benzene rings is 2. The fourth-order valence-corrected chi connectivity index (χ4v) is 1.78. The molecule has 0 unspecified atom stereocenters. The Kier molecular flexibility index (Phi) is 3.98. The molecule has 0 spiro atoms. The largest absolute Gasteiger partial charge is 0.489 e. The van der Waals surface area contributed by atoms with Gasteiger partial charge in [0, 0.05) is 0 Å². The van der Waals surface area contributed by atoms with Crippen molar-refractivity contribution in [3.63, 3.8) is 0 Å². The average molecular weight is 237 g/mol. The molecule has 0 atom stereocenters. The van der Waals surface area contributed by atoms with Gasteiger partial charge < -0.3 is 4.74 Å². The molecule has 0 heterocycles. The maximum Gasteiger partial charge on any atom is 0.120 e. The summed E-state index contributed by atoms with van der Waals surface area (Å²) in [5, 5.41) is 8.68. The van der Waals surface area contributed by atoms with E-state index in [4.69, 9.17) is 10.00 Å². The number of hydrogen-bond acceptors (Lipinski definition) is 2. The smallest absolute Gasteiger partial charge is 0.120 e. The van der Waals surface area contributed by atoms with Crippen LogP contribution in [-0.2, 0) is 13.0 Å². The molecule has 2 heteroatoms. The van der Waals surface area contributed by atoms with Gasteiger partial charge in [-0.3, -0.25) is 0 Å². The molecule has 2 rings (SSSR count). The fraction of sp³-hybridized carbons (Fsp3) is 0.188. The Hall–Kier alpha value is -2.27. The van der Waals surface area contributed by atoms with E-state index in [2.05, 4.69) is 6.07 Å². The van der Waals surface area contributed by atoms with Gasteiger partial charge in [0.1, 0.15) is 12.4 Å². The highest BCUT2D eigenvalue weighted by atomic mass is 16.5. The van der Waals surface area contributed by atoms with Crippen molar-refractivity contribution in [2.75, 3.05) is 0 Å². The molecule has 18 heavy (non-hydrogen) atoms. The van der Waals surface area contributed by atoms with Crippen molar-refractivity contribution >= 4 is 0 Å². The molecule has 0 saturated carbocycles. The first kappa shape index (κ1) is 12.2. The minimum atomic E-state index is 0.449. The standard InChI is InChI=1S/C16H15NO/c1-13-11-16(8-7-15(13)9-10-17)18-12-14-5-3-2-4-6-14/h2-8,11H,9,12H2,1H3. The van der Waals surface area contributed by atoms with Gasteiger partial charge in [-0.1, -0.05) is 36.4 Å². The number of nitriles is 1. The molecule has 0 aliphatic rings. The summed E-state index contributed by atoms with van der Waals surface area (Å²) in [6, 6.07) is 18.1. The molecule has 0 aromatic heterocycles. The highest BCUT2D eigenvalue weighted by molar-refractivity contribution is 5.36. The summed E-state index contributed by atoms with van der Waals surface area (Å²) in [5.41, 5.74) is 3.31. The van der Waals surface area contributed by atoms with Gasteiger partial charge in [0.05, 0.1) is 12.5 Å².